The Hall–Kier alpha value is -2.08. The fourth-order valence-electron chi connectivity index (χ4n) is 3.02. The van der Waals surface area contributed by atoms with E-state index in [1.54, 1.807) is 6.92 Å². The number of rotatable bonds is 7. The van der Waals surface area contributed by atoms with Crippen molar-refractivity contribution in [3.05, 3.63) is 22.3 Å². The fraction of sp³-hybridized carbons (Fsp3) is 0.500. The summed E-state index contributed by atoms with van der Waals surface area (Å²) in [6.07, 6.45) is -0.376. The smallest absolute Gasteiger partial charge is 0.337 e. The number of methoxy groups -OCH3 is 1. The summed E-state index contributed by atoms with van der Waals surface area (Å²) in [6, 6.07) is 0. The van der Waals surface area contributed by atoms with E-state index in [2.05, 4.69) is 0 Å². The van der Waals surface area contributed by atoms with Crippen LogP contribution in [0, 0.1) is 0 Å². The van der Waals surface area contributed by atoms with Crippen LogP contribution in [0.25, 0.3) is 0 Å². The molecule has 22 heavy (non-hydrogen) atoms. The van der Waals surface area contributed by atoms with E-state index >= 15 is 0 Å². The fourth-order valence-corrected chi connectivity index (χ4v) is 3.02. The molecule has 0 fully saturated rings. The molecule has 0 aromatic heterocycles. The molecule has 0 saturated carbocycles. The second-order valence-electron chi connectivity index (χ2n) is 5.29. The third kappa shape index (κ3) is 2.54. The van der Waals surface area contributed by atoms with Crippen LogP contribution in [-0.2, 0) is 28.7 Å². The molecular formula is C16H18O6. The standard InChI is InChI=1S/C16H18O6/c1-4-11(19)12-13(16(20)21-3)14-9(5-6-17)10(7-8(2)18)15(12)22-14/h6,14-15H,4-5,7H2,1-3H3. The van der Waals surface area contributed by atoms with Crippen LogP contribution in [0.2, 0.25) is 0 Å². The van der Waals surface area contributed by atoms with Crippen molar-refractivity contribution in [1.82, 2.24) is 0 Å². The number of carbonyl (C=O) groups excluding carboxylic acids is 4. The topological polar surface area (TPSA) is 86.7 Å². The van der Waals surface area contributed by atoms with Gasteiger partial charge in [0, 0.05) is 24.8 Å². The summed E-state index contributed by atoms with van der Waals surface area (Å²) in [6.45, 7) is 3.13. The zero-order chi connectivity index (χ0) is 16.4. The van der Waals surface area contributed by atoms with Crippen molar-refractivity contribution in [1.29, 1.82) is 0 Å². The first-order valence-corrected chi connectivity index (χ1v) is 7.12. The van der Waals surface area contributed by atoms with Crippen LogP contribution in [-0.4, -0.2) is 43.1 Å². The predicted octanol–water partition coefficient (Wildman–Crippen LogP) is 1.08. The molecule has 2 heterocycles. The lowest BCUT2D eigenvalue weighted by Crippen LogP contribution is -2.25. The molecule has 2 rings (SSSR count). The molecule has 0 aromatic carbocycles. The van der Waals surface area contributed by atoms with E-state index in [9.17, 15) is 19.2 Å². The van der Waals surface area contributed by atoms with Crippen molar-refractivity contribution in [2.24, 2.45) is 0 Å². The van der Waals surface area contributed by atoms with Gasteiger partial charge in [-0.1, -0.05) is 6.92 Å². The van der Waals surface area contributed by atoms with Crippen LogP contribution in [0.4, 0.5) is 0 Å². The molecule has 2 atom stereocenters. The van der Waals surface area contributed by atoms with Crippen LogP contribution < -0.4 is 0 Å². The summed E-state index contributed by atoms with van der Waals surface area (Å²) in [5, 5.41) is 0. The van der Waals surface area contributed by atoms with Crippen LogP contribution >= 0.6 is 0 Å². The largest absolute Gasteiger partial charge is 0.466 e. The highest BCUT2D eigenvalue weighted by atomic mass is 16.5. The van der Waals surface area contributed by atoms with Crippen LogP contribution in [0.15, 0.2) is 22.3 Å². The first kappa shape index (κ1) is 16.3. The first-order valence-electron chi connectivity index (χ1n) is 7.12. The van der Waals surface area contributed by atoms with Gasteiger partial charge >= 0.3 is 5.97 Å². The van der Waals surface area contributed by atoms with Crippen LogP contribution in [0.1, 0.15) is 33.1 Å². The van der Waals surface area contributed by atoms with Gasteiger partial charge in [0.15, 0.2) is 5.78 Å². The number of ether oxygens (including phenoxy) is 2. The van der Waals surface area contributed by atoms with Crippen molar-refractivity contribution < 1.29 is 28.7 Å². The second-order valence-corrected chi connectivity index (χ2v) is 5.29. The number of esters is 1. The van der Waals surface area contributed by atoms with Gasteiger partial charge in [0.1, 0.15) is 24.3 Å². The lowest BCUT2D eigenvalue weighted by molar-refractivity contribution is -0.137. The summed E-state index contributed by atoms with van der Waals surface area (Å²) in [5.41, 5.74) is 1.67. The number of carbonyl (C=O) groups is 4. The molecule has 0 N–H and O–H groups in total. The molecule has 0 spiro atoms. The normalized spacial score (nSPS) is 23.0. The van der Waals surface area contributed by atoms with Gasteiger partial charge in [-0.2, -0.15) is 0 Å². The molecule has 2 aliphatic rings. The summed E-state index contributed by atoms with van der Waals surface area (Å²) in [7, 11) is 1.23. The molecule has 0 amide bonds. The van der Waals surface area contributed by atoms with Gasteiger partial charge in [-0.05, 0) is 18.1 Å². The Balaban J connectivity index is 2.52. The maximum atomic E-state index is 12.2. The van der Waals surface area contributed by atoms with Crippen LogP contribution in [0.3, 0.4) is 0 Å². The van der Waals surface area contributed by atoms with Gasteiger partial charge in [-0.15, -0.1) is 0 Å². The number of aldehydes is 1. The van der Waals surface area contributed by atoms with E-state index in [0.717, 1.165) is 0 Å². The van der Waals surface area contributed by atoms with Crippen molar-refractivity contribution in [2.45, 2.75) is 45.3 Å². The van der Waals surface area contributed by atoms with Gasteiger partial charge in [-0.25, -0.2) is 4.79 Å². The Kier molecular flexibility index (Phi) is 4.71. The highest BCUT2D eigenvalue weighted by molar-refractivity contribution is 6.08. The summed E-state index contributed by atoms with van der Waals surface area (Å²) < 4.78 is 10.5. The highest BCUT2D eigenvalue weighted by Gasteiger charge is 2.50. The monoisotopic (exact) mass is 306 g/mol. The van der Waals surface area contributed by atoms with E-state index in [4.69, 9.17) is 9.47 Å². The zero-order valence-corrected chi connectivity index (χ0v) is 12.8. The third-order valence-corrected chi connectivity index (χ3v) is 3.90. The first-order chi connectivity index (χ1) is 10.5. The van der Waals surface area contributed by atoms with Gasteiger partial charge in [0.2, 0.25) is 0 Å². The lowest BCUT2D eigenvalue weighted by Gasteiger charge is -2.19. The number of hydrogen-bond acceptors (Lipinski definition) is 6. The Morgan fingerprint density at radius 2 is 1.82 bits per heavy atom. The minimum atomic E-state index is -0.762. The molecule has 0 aliphatic carbocycles. The average molecular weight is 306 g/mol. The summed E-state index contributed by atoms with van der Waals surface area (Å²) in [4.78, 5) is 46.6. The Morgan fingerprint density at radius 3 is 2.32 bits per heavy atom. The quantitative estimate of drug-likeness (QED) is 0.397. The zero-order valence-electron chi connectivity index (χ0n) is 12.8. The maximum absolute atomic E-state index is 12.2. The average Bonchev–Trinajstić information content (AvgIpc) is 3.02. The molecule has 2 bridgehead atoms. The SMILES string of the molecule is CCC(=O)C1=C(C(=O)OC)C2OC1C(CC(C)=O)=C2CC=O. The van der Waals surface area contributed by atoms with Gasteiger partial charge in [-0.3, -0.25) is 9.59 Å². The minimum absolute atomic E-state index is 0.0673. The van der Waals surface area contributed by atoms with Gasteiger partial charge < -0.3 is 14.3 Å². The molecule has 2 unspecified atom stereocenters. The van der Waals surface area contributed by atoms with E-state index in [0.29, 0.717) is 17.4 Å². The summed E-state index contributed by atoms with van der Waals surface area (Å²) >= 11 is 0. The van der Waals surface area contributed by atoms with Crippen LogP contribution in [0.5, 0.6) is 0 Å². The van der Waals surface area contributed by atoms with E-state index in [1.165, 1.54) is 14.0 Å². The van der Waals surface area contributed by atoms with Crippen molar-refractivity contribution in [3.8, 4) is 0 Å². The molecule has 6 nitrogen and oxygen atoms in total. The maximum Gasteiger partial charge on any atom is 0.337 e. The van der Waals surface area contributed by atoms with Crippen molar-refractivity contribution >= 4 is 23.8 Å². The van der Waals surface area contributed by atoms with E-state index in [1.807, 2.05) is 0 Å². The number of Topliss-reactive ketones (excluding diaryl/α,β-unsaturated/α-hetero) is 2. The molecule has 118 valence electrons. The Labute approximate surface area is 128 Å². The lowest BCUT2D eigenvalue weighted by atomic mass is 9.81. The molecule has 0 aromatic rings. The van der Waals surface area contributed by atoms with E-state index in [-0.39, 0.29) is 42.0 Å². The molecular weight excluding hydrogens is 288 g/mol. The number of fused-ring (bicyclic) bond motifs is 2. The molecule has 0 radical (unpaired) electrons. The minimum Gasteiger partial charge on any atom is -0.466 e. The molecule has 6 heteroatoms. The Bertz CT molecular complexity index is 610. The highest BCUT2D eigenvalue weighted by Crippen LogP contribution is 2.46. The molecule has 0 saturated heterocycles. The molecule has 2 aliphatic heterocycles. The predicted molar refractivity (Wildman–Crippen MR) is 76.0 cm³/mol. The van der Waals surface area contributed by atoms with E-state index < -0.39 is 18.2 Å². The van der Waals surface area contributed by atoms with Gasteiger partial charge in [0.25, 0.3) is 0 Å². The van der Waals surface area contributed by atoms with Crippen molar-refractivity contribution in [3.63, 3.8) is 0 Å². The van der Waals surface area contributed by atoms with Crippen molar-refractivity contribution in [2.75, 3.05) is 7.11 Å². The summed E-state index contributed by atoms with van der Waals surface area (Å²) in [5.74, 6) is -0.925. The second kappa shape index (κ2) is 6.36. The number of ketones is 2. The van der Waals surface area contributed by atoms with Gasteiger partial charge in [0.05, 0.1) is 12.7 Å². The number of hydrogen-bond donors (Lipinski definition) is 0. The third-order valence-electron chi connectivity index (χ3n) is 3.90. The Morgan fingerprint density at radius 1 is 1.18 bits per heavy atom.